The first kappa shape index (κ1) is 16.7. The minimum Gasteiger partial charge on any atom is -0.305 e. The molecule has 124 valence electrons. The zero-order valence-electron chi connectivity index (χ0n) is 13.6. The summed E-state index contributed by atoms with van der Waals surface area (Å²) in [4.78, 5) is 17.2. The van der Waals surface area contributed by atoms with Gasteiger partial charge in [-0.25, -0.2) is 4.98 Å². The Kier molecular flexibility index (Phi) is 4.96. The van der Waals surface area contributed by atoms with Crippen LogP contribution in [0.3, 0.4) is 0 Å². The zero-order chi connectivity index (χ0) is 17.1. The number of carbonyl (C=O) groups is 1. The first-order valence-corrected chi connectivity index (χ1v) is 9.14. The lowest BCUT2D eigenvalue weighted by Crippen LogP contribution is -2.14. The van der Waals surface area contributed by atoms with Crippen LogP contribution in [0.4, 0.5) is 5.13 Å². The Morgan fingerprint density at radius 3 is 2.88 bits per heavy atom. The summed E-state index contributed by atoms with van der Waals surface area (Å²) in [6, 6.07) is 8.11. The second kappa shape index (κ2) is 7.14. The summed E-state index contributed by atoms with van der Waals surface area (Å²) in [5.41, 5.74) is 2.18. The molecule has 24 heavy (non-hydrogen) atoms. The lowest BCUT2D eigenvalue weighted by atomic mass is 10.1. The van der Waals surface area contributed by atoms with Crippen LogP contribution in [0.25, 0.3) is 11.4 Å². The van der Waals surface area contributed by atoms with Gasteiger partial charge in [-0.3, -0.25) is 4.79 Å². The average Bonchev–Trinajstić information content (AvgIpc) is 3.11. The highest BCUT2D eigenvalue weighted by Gasteiger charge is 2.13. The molecule has 0 radical (unpaired) electrons. The molecule has 0 bridgehead atoms. The fourth-order valence-corrected chi connectivity index (χ4v) is 3.57. The van der Waals surface area contributed by atoms with E-state index in [0.717, 1.165) is 16.3 Å². The van der Waals surface area contributed by atoms with E-state index in [-0.39, 0.29) is 11.7 Å². The summed E-state index contributed by atoms with van der Waals surface area (Å²) >= 11 is 2.81. The van der Waals surface area contributed by atoms with Gasteiger partial charge in [-0.05, 0) is 19.9 Å². The molecule has 2 heterocycles. The Balaban J connectivity index is 1.65. The first-order valence-electron chi connectivity index (χ1n) is 7.34. The SMILES string of the molecule is Cc1cccc(-c2nnc(SCC(=O)Nc3ncc(C)s3)n2C)c1. The normalized spacial score (nSPS) is 10.8. The third-order valence-corrected chi connectivity index (χ3v) is 5.16. The highest BCUT2D eigenvalue weighted by atomic mass is 32.2. The molecular weight excluding hydrogens is 342 g/mol. The number of carbonyl (C=O) groups excluding carboxylic acids is 1. The van der Waals surface area contributed by atoms with Gasteiger partial charge in [0.05, 0.1) is 5.75 Å². The molecule has 0 aliphatic heterocycles. The molecule has 0 atom stereocenters. The van der Waals surface area contributed by atoms with Gasteiger partial charge in [-0.15, -0.1) is 21.5 Å². The molecule has 3 rings (SSSR count). The molecule has 8 heteroatoms. The maximum absolute atomic E-state index is 12.0. The number of thioether (sulfide) groups is 1. The Morgan fingerprint density at radius 1 is 1.33 bits per heavy atom. The molecule has 0 fully saturated rings. The molecule has 0 spiro atoms. The van der Waals surface area contributed by atoms with Crippen molar-refractivity contribution in [3.05, 3.63) is 40.9 Å². The highest BCUT2D eigenvalue weighted by molar-refractivity contribution is 7.99. The Morgan fingerprint density at radius 2 is 2.17 bits per heavy atom. The fourth-order valence-electron chi connectivity index (χ4n) is 2.17. The summed E-state index contributed by atoms with van der Waals surface area (Å²) in [5.74, 6) is 0.949. The average molecular weight is 359 g/mol. The van der Waals surface area contributed by atoms with Gasteiger partial charge in [0.1, 0.15) is 0 Å². The van der Waals surface area contributed by atoms with E-state index in [9.17, 15) is 4.79 Å². The number of benzene rings is 1. The van der Waals surface area contributed by atoms with E-state index < -0.39 is 0 Å². The van der Waals surface area contributed by atoms with Crippen molar-refractivity contribution in [1.82, 2.24) is 19.7 Å². The van der Waals surface area contributed by atoms with Crippen molar-refractivity contribution < 1.29 is 4.79 Å². The third-order valence-electron chi connectivity index (χ3n) is 3.31. The molecule has 1 N–H and O–H groups in total. The highest BCUT2D eigenvalue weighted by Crippen LogP contribution is 2.23. The molecule has 1 amide bonds. The summed E-state index contributed by atoms with van der Waals surface area (Å²) in [6.07, 6.45) is 1.74. The van der Waals surface area contributed by atoms with E-state index in [1.54, 1.807) is 6.20 Å². The lowest BCUT2D eigenvalue weighted by molar-refractivity contribution is -0.113. The topological polar surface area (TPSA) is 72.7 Å². The maximum atomic E-state index is 12.0. The predicted octanol–water partition coefficient (Wildman–Crippen LogP) is 3.29. The van der Waals surface area contributed by atoms with Gasteiger partial charge in [-0.1, -0.05) is 35.5 Å². The van der Waals surface area contributed by atoms with Crippen LogP contribution in [-0.2, 0) is 11.8 Å². The standard InChI is InChI=1S/C16H17N5OS2/c1-10-5-4-6-12(7-10)14-19-20-16(21(14)3)23-9-13(22)18-15-17-8-11(2)24-15/h4-8H,9H2,1-3H3,(H,17,18,22). The maximum Gasteiger partial charge on any atom is 0.236 e. The smallest absolute Gasteiger partial charge is 0.236 e. The monoisotopic (exact) mass is 359 g/mol. The van der Waals surface area contributed by atoms with E-state index in [2.05, 4.69) is 26.6 Å². The van der Waals surface area contributed by atoms with Crippen LogP contribution in [0.1, 0.15) is 10.4 Å². The van der Waals surface area contributed by atoms with E-state index in [4.69, 9.17) is 0 Å². The summed E-state index contributed by atoms with van der Waals surface area (Å²) < 4.78 is 1.90. The van der Waals surface area contributed by atoms with Gasteiger partial charge < -0.3 is 9.88 Å². The van der Waals surface area contributed by atoms with Crippen LogP contribution in [0, 0.1) is 13.8 Å². The van der Waals surface area contributed by atoms with Crippen LogP contribution in [0.2, 0.25) is 0 Å². The number of amides is 1. The number of aryl methyl sites for hydroxylation is 2. The number of nitrogens with one attached hydrogen (secondary N) is 1. The molecule has 0 aliphatic rings. The Bertz CT molecular complexity index is 871. The summed E-state index contributed by atoms with van der Waals surface area (Å²) in [5, 5.41) is 12.5. The minimum atomic E-state index is -0.102. The van der Waals surface area contributed by atoms with Crippen LogP contribution >= 0.6 is 23.1 Å². The zero-order valence-corrected chi connectivity index (χ0v) is 15.2. The van der Waals surface area contributed by atoms with E-state index in [1.165, 1.54) is 28.7 Å². The summed E-state index contributed by atoms with van der Waals surface area (Å²) in [7, 11) is 1.90. The van der Waals surface area contributed by atoms with Crippen LogP contribution in [0.15, 0.2) is 35.6 Å². The van der Waals surface area contributed by atoms with Crippen molar-refractivity contribution in [2.75, 3.05) is 11.1 Å². The number of hydrogen-bond acceptors (Lipinski definition) is 6. The van der Waals surface area contributed by atoms with E-state index in [0.29, 0.717) is 10.3 Å². The van der Waals surface area contributed by atoms with E-state index >= 15 is 0 Å². The summed E-state index contributed by atoms with van der Waals surface area (Å²) in [6.45, 7) is 3.99. The largest absolute Gasteiger partial charge is 0.305 e. The minimum absolute atomic E-state index is 0.102. The molecule has 6 nitrogen and oxygen atoms in total. The van der Waals surface area contributed by atoms with Crippen molar-refractivity contribution in [1.29, 1.82) is 0 Å². The molecule has 0 aliphatic carbocycles. The first-order chi connectivity index (χ1) is 11.5. The number of rotatable bonds is 5. The number of anilines is 1. The molecule has 0 saturated carbocycles. The third kappa shape index (κ3) is 3.82. The number of thiazole rings is 1. The second-order valence-electron chi connectivity index (χ2n) is 5.35. The van der Waals surface area contributed by atoms with Crippen LogP contribution in [0.5, 0.6) is 0 Å². The Hall–Kier alpha value is -2.19. The molecular formula is C16H17N5OS2. The van der Waals surface area contributed by atoms with Gasteiger partial charge in [0.2, 0.25) is 5.91 Å². The predicted molar refractivity (Wildman–Crippen MR) is 97.4 cm³/mol. The van der Waals surface area contributed by atoms with Crippen molar-refractivity contribution >= 4 is 34.1 Å². The Labute approximate surface area is 148 Å². The van der Waals surface area contributed by atoms with E-state index in [1.807, 2.05) is 43.7 Å². The number of hydrogen-bond donors (Lipinski definition) is 1. The van der Waals surface area contributed by atoms with Gasteiger partial charge in [0, 0.05) is 23.7 Å². The second-order valence-corrected chi connectivity index (χ2v) is 7.52. The molecule has 2 aromatic heterocycles. The molecule has 1 aromatic carbocycles. The van der Waals surface area contributed by atoms with Crippen molar-refractivity contribution in [2.45, 2.75) is 19.0 Å². The van der Waals surface area contributed by atoms with Crippen molar-refractivity contribution in [3.63, 3.8) is 0 Å². The van der Waals surface area contributed by atoms with Crippen molar-refractivity contribution in [3.8, 4) is 11.4 Å². The quantitative estimate of drug-likeness (QED) is 0.708. The molecule has 0 saturated heterocycles. The van der Waals surface area contributed by atoms with Gasteiger partial charge in [0.25, 0.3) is 0 Å². The van der Waals surface area contributed by atoms with Gasteiger partial charge in [-0.2, -0.15) is 0 Å². The van der Waals surface area contributed by atoms with Crippen molar-refractivity contribution in [2.24, 2.45) is 7.05 Å². The number of aromatic nitrogens is 4. The van der Waals surface area contributed by atoms with Gasteiger partial charge in [0.15, 0.2) is 16.1 Å². The van der Waals surface area contributed by atoms with Crippen LogP contribution in [-0.4, -0.2) is 31.4 Å². The fraction of sp³-hybridized carbons (Fsp3) is 0.250. The van der Waals surface area contributed by atoms with Gasteiger partial charge >= 0.3 is 0 Å². The lowest BCUT2D eigenvalue weighted by Gasteiger charge is -2.04. The molecule has 0 unspecified atom stereocenters. The number of nitrogens with zero attached hydrogens (tertiary/aromatic N) is 4. The molecule has 3 aromatic rings. The van der Waals surface area contributed by atoms with Crippen LogP contribution < -0.4 is 5.32 Å².